The molecule has 0 aromatic rings. The SMILES string of the molecule is CCCC(C)(NC(=O)N(C)C1CCCCC1)C(=O)O. The first-order chi connectivity index (χ1) is 8.90. The van der Waals surface area contributed by atoms with Gasteiger partial charge in [0.15, 0.2) is 0 Å². The number of nitrogens with one attached hydrogen (secondary N) is 1. The molecule has 0 aromatic carbocycles. The van der Waals surface area contributed by atoms with Crippen LogP contribution < -0.4 is 5.32 Å². The lowest BCUT2D eigenvalue weighted by atomic mass is 9.94. The molecule has 0 spiro atoms. The molecule has 0 heterocycles. The van der Waals surface area contributed by atoms with Crippen LogP contribution >= 0.6 is 0 Å². The summed E-state index contributed by atoms with van der Waals surface area (Å²) < 4.78 is 0. The van der Waals surface area contributed by atoms with E-state index < -0.39 is 11.5 Å². The Bertz CT molecular complexity index is 327. The highest BCUT2D eigenvalue weighted by molar-refractivity contribution is 5.85. The molecule has 1 fully saturated rings. The maximum Gasteiger partial charge on any atom is 0.329 e. The Morgan fingerprint density at radius 3 is 2.37 bits per heavy atom. The predicted molar refractivity (Wildman–Crippen MR) is 74.1 cm³/mol. The van der Waals surface area contributed by atoms with Crippen molar-refractivity contribution >= 4 is 12.0 Å². The zero-order chi connectivity index (χ0) is 14.5. The first-order valence-electron chi connectivity index (χ1n) is 7.19. The Kier molecular flexibility index (Phi) is 5.63. The van der Waals surface area contributed by atoms with E-state index in [1.807, 2.05) is 6.92 Å². The molecule has 0 aromatic heterocycles. The highest BCUT2D eigenvalue weighted by Crippen LogP contribution is 2.22. The molecule has 2 N–H and O–H groups in total. The number of rotatable bonds is 5. The van der Waals surface area contributed by atoms with Crippen LogP contribution in [0.3, 0.4) is 0 Å². The summed E-state index contributed by atoms with van der Waals surface area (Å²) in [6.07, 6.45) is 6.71. The first kappa shape index (κ1) is 15.8. The lowest BCUT2D eigenvalue weighted by Gasteiger charge is -2.34. The quantitative estimate of drug-likeness (QED) is 0.806. The molecule has 5 heteroatoms. The van der Waals surface area contributed by atoms with Gasteiger partial charge in [-0.05, 0) is 26.2 Å². The van der Waals surface area contributed by atoms with Crippen molar-refractivity contribution in [3.05, 3.63) is 0 Å². The number of carboxylic acid groups (broad SMARTS) is 1. The Hall–Kier alpha value is -1.26. The van der Waals surface area contributed by atoms with Crippen LogP contribution in [0.4, 0.5) is 4.79 Å². The molecule has 2 amide bonds. The fourth-order valence-electron chi connectivity index (χ4n) is 2.68. The van der Waals surface area contributed by atoms with Crippen LogP contribution in [0.2, 0.25) is 0 Å². The van der Waals surface area contributed by atoms with Crippen LogP contribution in [0.1, 0.15) is 58.8 Å². The van der Waals surface area contributed by atoms with Gasteiger partial charge in [-0.15, -0.1) is 0 Å². The van der Waals surface area contributed by atoms with Crippen LogP contribution in [0.5, 0.6) is 0 Å². The van der Waals surface area contributed by atoms with Crippen LogP contribution in [0.15, 0.2) is 0 Å². The Morgan fingerprint density at radius 2 is 1.89 bits per heavy atom. The van der Waals surface area contributed by atoms with Crippen molar-refractivity contribution in [2.24, 2.45) is 0 Å². The van der Waals surface area contributed by atoms with Crippen molar-refractivity contribution in [1.29, 1.82) is 0 Å². The number of aliphatic carboxylic acids is 1. The lowest BCUT2D eigenvalue weighted by Crippen LogP contribution is -2.57. The molecule has 1 saturated carbocycles. The maximum atomic E-state index is 12.2. The van der Waals surface area contributed by atoms with Crippen LogP contribution in [0.25, 0.3) is 0 Å². The molecule has 1 aliphatic carbocycles. The topological polar surface area (TPSA) is 69.6 Å². The third-order valence-electron chi connectivity index (χ3n) is 4.05. The van der Waals surface area contributed by atoms with E-state index in [-0.39, 0.29) is 12.1 Å². The first-order valence-corrected chi connectivity index (χ1v) is 7.19. The molecular weight excluding hydrogens is 244 g/mol. The van der Waals surface area contributed by atoms with Gasteiger partial charge in [-0.1, -0.05) is 32.6 Å². The van der Waals surface area contributed by atoms with Gasteiger partial charge >= 0.3 is 12.0 Å². The minimum absolute atomic E-state index is 0.244. The van der Waals surface area contributed by atoms with E-state index in [4.69, 9.17) is 0 Å². The number of carbonyl (C=O) groups is 2. The average molecular weight is 270 g/mol. The number of carboxylic acids is 1. The maximum absolute atomic E-state index is 12.2. The van der Waals surface area contributed by atoms with E-state index in [2.05, 4.69) is 5.32 Å². The third kappa shape index (κ3) is 4.11. The highest BCUT2D eigenvalue weighted by atomic mass is 16.4. The second-order valence-corrected chi connectivity index (χ2v) is 5.72. The molecular formula is C14H26N2O3. The van der Waals surface area contributed by atoms with Crippen molar-refractivity contribution < 1.29 is 14.7 Å². The van der Waals surface area contributed by atoms with Crippen molar-refractivity contribution in [1.82, 2.24) is 10.2 Å². The van der Waals surface area contributed by atoms with Gasteiger partial charge in [-0.25, -0.2) is 9.59 Å². The molecule has 0 bridgehead atoms. The minimum Gasteiger partial charge on any atom is -0.480 e. The number of urea groups is 1. The van der Waals surface area contributed by atoms with Gasteiger partial charge < -0.3 is 15.3 Å². The van der Waals surface area contributed by atoms with Crippen molar-refractivity contribution in [2.45, 2.75) is 70.4 Å². The van der Waals surface area contributed by atoms with Gasteiger partial charge in [0, 0.05) is 13.1 Å². The van der Waals surface area contributed by atoms with E-state index in [9.17, 15) is 14.7 Å². The zero-order valence-electron chi connectivity index (χ0n) is 12.2. The number of nitrogens with zero attached hydrogens (tertiary/aromatic N) is 1. The summed E-state index contributed by atoms with van der Waals surface area (Å²) in [5.41, 5.74) is -1.17. The summed E-state index contributed by atoms with van der Waals surface area (Å²) in [6, 6.07) is -0.0290. The van der Waals surface area contributed by atoms with Crippen LogP contribution in [0, 0.1) is 0 Å². The van der Waals surface area contributed by atoms with E-state index >= 15 is 0 Å². The van der Waals surface area contributed by atoms with Crippen LogP contribution in [-0.4, -0.2) is 40.6 Å². The Morgan fingerprint density at radius 1 is 1.32 bits per heavy atom. The third-order valence-corrected chi connectivity index (χ3v) is 4.05. The van der Waals surface area contributed by atoms with Crippen molar-refractivity contribution in [3.8, 4) is 0 Å². The predicted octanol–water partition coefficient (Wildman–Crippen LogP) is 2.60. The average Bonchev–Trinajstić information content (AvgIpc) is 2.38. The van der Waals surface area contributed by atoms with Gasteiger partial charge in [-0.3, -0.25) is 0 Å². The lowest BCUT2D eigenvalue weighted by molar-refractivity contribution is -0.144. The van der Waals surface area contributed by atoms with Crippen LogP contribution in [-0.2, 0) is 4.79 Å². The summed E-state index contributed by atoms with van der Waals surface area (Å²) in [5, 5.41) is 11.9. The molecule has 1 atom stereocenters. The number of amides is 2. The molecule has 0 aliphatic heterocycles. The van der Waals surface area contributed by atoms with E-state index in [1.54, 1.807) is 18.9 Å². The minimum atomic E-state index is -1.17. The van der Waals surface area contributed by atoms with E-state index in [1.165, 1.54) is 6.42 Å². The molecule has 1 unspecified atom stereocenters. The fraction of sp³-hybridized carbons (Fsp3) is 0.857. The summed E-state index contributed by atoms with van der Waals surface area (Å²) in [4.78, 5) is 25.2. The van der Waals surface area contributed by atoms with E-state index in [0.717, 1.165) is 32.1 Å². The fourth-order valence-corrected chi connectivity index (χ4v) is 2.68. The Labute approximate surface area is 115 Å². The number of carbonyl (C=O) groups excluding carboxylic acids is 1. The highest BCUT2D eigenvalue weighted by Gasteiger charge is 2.35. The monoisotopic (exact) mass is 270 g/mol. The van der Waals surface area contributed by atoms with Gasteiger partial charge in [-0.2, -0.15) is 0 Å². The van der Waals surface area contributed by atoms with Crippen molar-refractivity contribution in [2.75, 3.05) is 7.05 Å². The molecule has 110 valence electrons. The molecule has 0 saturated heterocycles. The van der Waals surface area contributed by atoms with Crippen molar-refractivity contribution in [3.63, 3.8) is 0 Å². The second kappa shape index (κ2) is 6.78. The molecule has 19 heavy (non-hydrogen) atoms. The Balaban J connectivity index is 2.63. The largest absolute Gasteiger partial charge is 0.480 e. The number of hydrogen-bond acceptors (Lipinski definition) is 2. The van der Waals surface area contributed by atoms with E-state index in [0.29, 0.717) is 6.42 Å². The normalized spacial score (nSPS) is 19.5. The summed E-state index contributed by atoms with van der Waals surface area (Å²) >= 11 is 0. The molecule has 5 nitrogen and oxygen atoms in total. The molecule has 1 rings (SSSR count). The van der Waals surface area contributed by atoms with Gasteiger partial charge in [0.05, 0.1) is 0 Å². The standard InChI is InChI=1S/C14H26N2O3/c1-4-10-14(2,12(17)18)15-13(19)16(3)11-8-6-5-7-9-11/h11H,4-10H2,1-3H3,(H,15,19)(H,17,18). The summed E-state index contributed by atoms with van der Waals surface area (Å²) in [6.45, 7) is 3.49. The van der Waals surface area contributed by atoms with Gasteiger partial charge in [0.1, 0.15) is 5.54 Å². The summed E-state index contributed by atoms with van der Waals surface area (Å²) in [7, 11) is 1.76. The zero-order valence-corrected chi connectivity index (χ0v) is 12.2. The second-order valence-electron chi connectivity index (χ2n) is 5.72. The number of hydrogen-bond donors (Lipinski definition) is 2. The van der Waals surface area contributed by atoms with Gasteiger partial charge in [0.2, 0.25) is 0 Å². The smallest absolute Gasteiger partial charge is 0.329 e. The van der Waals surface area contributed by atoms with Gasteiger partial charge in [0.25, 0.3) is 0 Å². The summed E-state index contributed by atoms with van der Waals surface area (Å²) in [5.74, 6) is -0.972. The molecule has 0 radical (unpaired) electrons. The molecule has 1 aliphatic rings.